The summed E-state index contributed by atoms with van der Waals surface area (Å²) in [7, 11) is 0. The summed E-state index contributed by atoms with van der Waals surface area (Å²) in [5.41, 5.74) is -0.469. The number of nitrogens with zero attached hydrogens (tertiary/aromatic N) is 3. The van der Waals surface area contributed by atoms with Gasteiger partial charge in [-0.3, -0.25) is 0 Å². The molecular formula is C16H21CuLiN3O3. The molecule has 24 heavy (non-hydrogen) atoms. The first kappa shape index (κ1) is 25.1. The Morgan fingerprint density at radius 3 is 2.71 bits per heavy atom. The molecule has 1 aliphatic heterocycles. The molecule has 0 bridgehead atoms. The number of ether oxygens (including phenoxy) is 2. The Morgan fingerprint density at radius 1 is 1.50 bits per heavy atom. The van der Waals surface area contributed by atoms with Crippen LogP contribution in [-0.2, 0) is 21.8 Å². The maximum absolute atomic E-state index is 12.1. The minimum absolute atomic E-state index is 0. The van der Waals surface area contributed by atoms with E-state index in [9.17, 15) is 4.79 Å². The molecule has 1 atom stereocenters. The van der Waals surface area contributed by atoms with E-state index in [-0.39, 0.29) is 48.1 Å². The molecule has 1 aromatic heterocycles. The summed E-state index contributed by atoms with van der Waals surface area (Å²) in [6, 6.07) is 4.66. The smallest absolute Gasteiger partial charge is 0.575 e. The van der Waals surface area contributed by atoms with Crippen molar-refractivity contribution in [3.63, 3.8) is 0 Å². The van der Waals surface area contributed by atoms with E-state index in [0.29, 0.717) is 12.4 Å². The Labute approximate surface area is 166 Å². The van der Waals surface area contributed by atoms with E-state index in [1.807, 2.05) is 20.8 Å². The molecule has 1 fully saturated rings. The molecule has 2 radical (unpaired) electrons. The Balaban J connectivity index is 0. The standard InChI is InChI=1S/C15H21N2O3.CN.Cu.Li/c1-15(2,3)20-14(18)17-9-5-6-12(17)11-19-13-7-4-8-16-10-13;1-2;;/h7-8,10,12H,5-6,9,11H2,1-3H3;;;/q2*-1;+2;/t12-;;;/m0.../s1. The molecule has 2 rings (SSSR count). The van der Waals surface area contributed by atoms with Gasteiger partial charge in [0, 0.05) is 25.4 Å². The van der Waals surface area contributed by atoms with Crippen molar-refractivity contribution in [3.8, 4) is 5.75 Å². The first-order chi connectivity index (χ1) is 10.5. The Hall–Kier alpha value is -1.17. The van der Waals surface area contributed by atoms with Crippen molar-refractivity contribution in [3.05, 3.63) is 31.1 Å². The Kier molecular flexibility index (Phi) is 12.8. The fraction of sp³-hybridized carbons (Fsp3) is 0.562. The first-order valence-corrected chi connectivity index (χ1v) is 7.11. The Bertz CT molecular complexity index is 494. The van der Waals surface area contributed by atoms with Crippen molar-refractivity contribution in [2.75, 3.05) is 13.2 Å². The van der Waals surface area contributed by atoms with E-state index in [4.69, 9.17) is 21.3 Å². The molecule has 130 valence electrons. The third-order valence-corrected chi connectivity index (χ3v) is 3.02. The average molecular weight is 374 g/mol. The topological polar surface area (TPSA) is 75.4 Å². The third kappa shape index (κ3) is 8.62. The fourth-order valence-corrected chi connectivity index (χ4v) is 2.15. The molecular weight excluding hydrogens is 353 g/mol. The third-order valence-electron chi connectivity index (χ3n) is 3.02. The van der Waals surface area contributed by atoms with Crippen LogP contribution in [0.2, 0.25) is 0 Å². The van der Waals surface area contributed by atoms with E-state index in [1.165, 1.54) is 0 Å². The van der Waals surface area contributed by atoms with Crippen LogP contribution in [-0.4, -0.2) is 59.6 Å². The largest absolute Gasteiger partial charge is 2.00 e. The van der Waals surface area contributed by atoms with Crippen LogP contribution >= 0.6 is 0 Å². The zero-order valence-electron chi connectivity index (χ0n) is 14.5. The number of carbonyl (C=O) groups excluding carboxylic acids is 1. The van der Waals surface area contributed by atoms with Gasteiger partial charge in [-0.25, -0.2) is 10.9 Å². The van der Waals surface area contributed by atoms with Crippen molar-refractivity contribution in [1.82, 2.24) is 9.88 Å². The molecule has 1 amide bonds. The normalized spacial score (nSPS) is 15.9. The second kappa shape index (κ2) is 12.2. The molecule has 1 saturated heterocycles. The van der Waals surface area contributed by atoms with Crippen LogP contribution in [0.3, 0.4) is 0 Å². The van der Waals surface area contributed by atoms with Gasteiger partial charge in [0.1, 0.15) is 5.60 Å². The molecule has 0 N–H and O–H groups in total. The van der Waals surface area contributed by atoms with Gasteiger partial charge in [-0.05, 0) is 45.6 Å². The van der Waals surface area contributed by atoms with Gasteiger partial charge in [-0.1, -0.05) is 6.20 Å². The summed E-state index contributed by atoms with van der Waals surface area (Å²) in [6.45, 7) is 11.6. The number of hydrogen-bond donors (Lipinski definition) is 0. The van der Waals surface area contributed by atoms with Crippen molar-refractivity contribution in [2.24, 2.45) is 0 Å². The SMILES string of the molecule is CC(C)(C)OC(=O)N1CCC[C@H]1COc1c[c-]cnc1.[C-]#N.[Cu+2].[Li]. The number of pyridine rings is 1. The predicted octanol–water partition coefficient (Wildman–Crippen LogP) is 2.37. The molecule has 0 saturated carbocycles. The summed E-state index contributed by atoms with van der Waals surface area (Å²) in [5.74, 6) is 0.670. The van der Waals surface area contributed by atoms with Gasteiger partial charge in [0.25, 0.3) is 0 Å². The van der Waals surface area contributed by atoms with Gasteiger partial charge in [0.2, 0.25) is 0 Å². The number of carbonyl (C=O) groups is 1. The van der Waals surface area contributed by atoms with Crippen LogP contribution in [0.15, 0.2) is 18.5 Å². The number of hydrogen-bond acceptors (Lipinski definition) is 5. The van der Waals surface area contributed by atoms with Crippen LogP contribution in [0.1, 0.15) is 33.6 Å². The van der Waals surface area contributed by atoms with E-state index in [0.717, 1.165) is 19.4 Å². The molecule has 0 aliphatic carbocycles. The predicted molar refractivity (Wildman–Crippen MR) is 85.3 cm³/mol. The summed E-state index contributed by atoms with van der Waals surface area (Å²) >= 11 is 0. The maximum Gasteiger partial charge on any atom is 2.00 e. The van der Waals surface area contributed by atoms with Gasteiger partial charge < -0.3 is 31.2 Å². The molecule has 1 aromatic rings. The van der Waals surface area contributed by atoms with Gasteiger partial charge in [0.15, 0.2) is 0 Å². The van der Waals surface area contributed by atoms with Gasteiger partial charge in [0.05, 0.1) is 12.6 Å². The van der Waals surface area contributed by atoms with Gasteiger partial charge >= 0.3 is 23.2 Å². The van der Waals surface area contributed by atoms with Crippen LogP contribution in [0.4, 0.5) is 4.79 Å². The molecule has 0 aromatic carbocycles. The monoisotopic (exact) mass is 373 g/mol. The average Bonchev–Trinajstić information content (AvgIpc) is 2.95. The van der Waals surface area contributed by atoms with Crippen LogP contribution in [0.5, 0.6) is 5.75 Å². The Morgan fingerprint density at radius 2 is 2.17 bits per heavy atom. The van der Waals surface area contributed by atoms with Crippen LogP contribution in [0.25, 0.3) is 0 Å². The fourth-order valence-electron chi connectivity index (χ4n) is 2.15. The second-order valence-corrected chi connectivity index (χ2v) is 5.90. The van der Waals surface area contributed by atoms with Crippen molar-refractivity contribution in [1.29, 1.82) is 5.26 Å². The zero-order valence-corrected chi connectivity index (χ0v) is 15.4. The summed E-state index contributed by atoms with van der Waals surface area (Å²) in [6.07, 6.45) is 4.87. The number of likely N-dealkylation sites (tertiary alicyclic amines) is 1. The summed E-state index contributed by atoms with van der Waals surface area (Å²) < 4.78 is 11.1. The van der Waals surface area contributed by atoms with Crippen LogP contribution in [0, 0.1) is 17.9 Å². The first-order valence-electron chi connectivity index (χ1n) is 7.11. The molecule has 0 unspecified atom stereocenters. The van der Waals surface area contributed by atoms with E-state index in [1.54, 1.807) is 23.4 Å². The van der Waals surface area contributed by atoms with Crippen molar-refractivity contribution in [2.45, 2.75) is 45.3 Å². The number of aromatic nitrogens is 1. The van der Waals surface area contributed by atoms with E-state index < -0.39 is 5.60 Å². The molecule has 6 nitrogen and oxygen atoms in total. The molecule has 2 heterocycles. The summed E-state index contributed by atoms with van der Waals surface area (Å²) in [5, 5.41) is 6.25. The zero-order chi connectivity index (χ0) is 16.6. The van der Waals surface area contributed by atoms with Crippen LogP contribution < -0.4 is 4.74 Å². The minimum atomic E-state index is -0.469. The summed E-state index contributed by atoms with van der Waals surface area (Å²) in [4.78, 5) is 17.8. The molecule has 1 aliphatic rings. The quantitative estimate of drug-likeness (QED) is 0.600. The number of rotatable bonds is 3. The minimum Gasteiger partial charge on any atom is -0.575 e. The number of amides is 1. The maximum atomic E-state index is 12.1. The van der Waals surface area contributed by atoms with Gasteiger partial charge in [-0.15, -0.1) is 0 Å². The van der Waals surface area contributed by atoms with E-state index >= 15 is 0 Å². The van der Waals surface area contributed by atoms with Crippen molar-refractivity contribution >= 4 is 25.0 Å². The molecule has 0 spiro atoms. The van der Waals surface area contributed by atoms with Crippen molar-refractivity contribution < 1.29 is 31.3 Å². The van der Waals surface area contributed by atoms with E-state index in [2.05, 4.69) is 11.1 Å². The second-order valence-electron chi connectivity index (χ2n) is 5.90. The molecule has 8 heteroatoms. The van der Waals surface area contributed by atoms with Gasteiger partial charge in [-0.2, -0.15) is 6.07 Å².